The van der Waals surface area contributed by atoms with Crippen molar-refractivity contribution in [2.75, 3.05) is 32.8 Å². The van der Waals surface area contributed by atoms with Crippen LogP contribution in [0.1, 0.15) is 53.3 Å². The molecule has 2 aliphatic heterocycles. The van der Waals surface area contributed by atoms with Crippen molar-refractivity contribution in [3.05, 3.63) is 59.2 Å². The van der Waals surface area contributed by atoms with Gasteiger partial charge in [0.05, 0.1) is 11.6 Å². The summed E-state index contributed by atoms with van der Waals surface area (Å²) in [6.07, 6.45) is -3.72. The molecule has 7 nitrogen and oxygen atoms in total. The van der Waals surface area contributed by atoms with Crippen LogP contribution in [0.15, 0.2) is 42.5 Å². The Morgan fingerprint density at radius 1 is 0.972 bits per heavy atom. The highest BCUT2D eigenvalue weighted by atomic mass is 19.4. The summed E-state index contributed by atoms with van der Waals surface area (Å²) in [4.78, 5) is 27.3. The largest absolute Gasteiger partial charge is 0.486 e. The number of nitrogens with one attached hydrogen (secondary N) is 1. The topological polar surface area (TPSA) is 88.1 Å². The standard InChI is InChI=1S/C26H29F3N2O5/c27-26(28,29)19-6-3-17(4-7-19)21(32)8-10-24(33)30-20(16-31-11-1-2-12-31)25(34)18-5-9-22-23(15-18)36-14-13-35-22/h3-7,9,15,20,25,34H,1-2,8,10-14,16H2,(H,30,33). The van der Waals surface area contributed by atoms with Gasteiger partial charge in [0.15, 0.2) is 17.3 Å². The number of amides is 1. The first-order valence-electron chi connectivity index (χ1n) is 12.0. The number of Topliss-reactive ketones (excluding diaryl/α,β-unsaturated/α-hetero) is 1. The van der Waals surface area contributed by atoms with E-state index in [1.165, 1.54) is 0 Å². The molecule has 194 valence electrons. The summed E-state index contributed by atoms with van der Waals surface area (Å²) in [5.41, 5.74) is -0.153. The Bertz CT molecular complexity index is 1070. The molecule has 10 heteroatoms. The number of halogens is 3. The summed E-state index contributed by atoms with van der Waals surface area (Å²) in [6, 6.07) is 8.47. The predicted octanol–water partition coefficient (Wildman–Crippen LogP) is 3.75. The van der Waals surface area contributed by atoms with Gasteiger partial charge in [-0.25, -0.2) is 0 Å². The van der Waals surface area contributed by atoms with E-state index in [2.05, 4.69) is 10.2 Å². The van der Waals surface area contributed by atoms with Gasteiger partial charge in [0, 0.05) is 24.9 Å². The smallest absolute Gasteiger partial charge is 0.416 e. The Balaban J connectivity index is 1.39. The maximum absolute atomic E-state index is 12.7. The first kappa shape index (κ1) is 26.0. The van der Waals surface area contributed by atoms with Gasteiger partial charge in [-0.1, -0.05) is 18.2 Å². The number of nitrogens with zero attached hydrogens (tertiary/aromatic N) is 1. The summed E-state index contributed by atoms with van der Waals surface area (Å²) in [5.74, 6) is 0.281. The second-order valence-electron chi connectivity index (χ2n) is 9.03. The minimum Gasteiger partial charge on any atom is -0.486 e. The van der Waals surface area contributed by atoms with Gasteiger partial charge in [-0.2, -0.15) is 13.2 Å². The molecule has 2 unspecified atom stereocenters. The van der Waals surface area contributed by atoms with Crippen LogP contribution >= 0.6 is 0 Å². The lowest BCUT2D eigenvalue weighted by atomic mass is 10.00. The number of fused-ring (bicyclic) bond motifs is 1. The molecule has 2 aliphatic rings. The molecule has 0 aliphatic carbocycles. The van der Waals surface area contributed by atoms with Crippen molar-refractivity contribution in [1.29, 1.82) is 0 Å². The molecule has 0 bridgehead atoms. The normalized spacial score (nSPS) is 17.4. The SMILES string of the molecule is O=C(CCC(=O)c1ccc(C(F)(F)F)cc1)NC(CN1CCCC1)C(O)c1ccc2c(c1)OCCO2. The molecule has 2 aromatic carbocycles. The number of ether oxygens (including phenoxy) is 2. The molecule has 0 spiro atoms. The lowest BCUT2D eigenvalue weighted by Crippen LogP contribution is -2.46. The number of hydrogen-bond acceptors (Lipinski definition) is 6. The lowest BCUT2D eigenvalue weighted by molar-refractivity contribution is -0.137. The van der Waals surface area contributed by atoms with Crippen molar-refractivity contribution >= 4 is 11.7 Å². The first-order valence-corrected chi connectivity index (χ1v) is 12.0. The van der Waals surface area contributed by atoms with E-state index in [1.54, 1.807) is 18.2 Å². The van der Waals surface area contributed by atoms with E-state index in [4.69, 9.17) is 9.47 Å². The Morgan fingerprint density at radius 3 is 2.31 bits per heavy atom. The van der Waals surface area contributed by atoms with E-state index >= 15 is 0 Å². The maximum atomic E-state index is 12.7. The highest BCUT2D eigenvalue weighted by Crippen LogP contribution is 2.34. The van der Waals surface area contributed by atoms with E-state index in [0.717, 1.165) is 50.2 Å². The summed E-state index contributed by atoms with van der Waals surface area (Å²) in [5, 5.41) is 14.0. The Hall–Kier alpha value is -3.11. The first-order chi connectivity index (χ1) is 17.2. The van der Waals surface area contributed by atoms with Crippen LogP contribution < -0.4 is 14.8 Å². The average molecular weight is 507 g/mol. The molecular weight excluding hydrogens is 477 g/mol. The number of hydrogen-bond donors (Lipinski definition) is 2. The number of aliphatic hydroxyl groups is 1. The summed E-state index contributed by atoms with van der Waals surface area (Å²) >= 11 is 0. The van der Waals surface area contributed by atoms with Crippen LogP contribution in [-0.2, 0) is 11.0 Å². The number of alkyl halides is 3. The number of aliphatic hydroxyl groups excluding tert-OH is 1. The number of ketones is 1. The van der Waals surface area contributed by atoms with E-state index < -0.39 is 35.6 Å². The fourth-order valence-corrected chi connectivity index (χ4v) is 4.44. The molecule has 0 radical (unpaired) electrons. The van der Waals surface area contributed by atoms with Gasteiger partial charge in [-0.3, -0.25) is 9.59 Å². The Labute approximate surface area is 207 Å². The third kappa shape index (κ3) is 6.55. The molecule has 36 heavy (non-hydrogen) atoms. The number of carbonyl (C=O) groups is 2. The fraction of sp³-hybridized carbons (Fsp3) is 0.462. The summed E-state index contributed by atoms with van der Waals surface area (Å²) < 4.78 is 49.4. The van der Waals surface area contributed by atoms with Crippen LogP contribution in [0.3, 0.4) is 0 Å². The Morgan fingerprint density at radius 2 is 1.64 bits per heavy atom. The van der Waals surface area contributed by atoms with Gasteiger partial charge >= 0.3 is 6.18 Å². The summed E-state index contributed by atoms with van der Waals surface area (Å²) in [7, 11) is 0. The van der Waals surface area contributed by atoms with E-state index in [-0.39, 0.29) is 18.4 Å². The van der Waals surface area contributed by atoms with Crippen molar-refractivity contribution in [2.24, 2.45) is 0 Å². The molecule has 1 fully saturated rings. The van der Waals surface area contributed by atoms with Gasteiger partial charge < -0.3 is 24.8 Å². The predicted molar refractivity (Wildman–Crippen MR) is 125 cm³/mol. The third-order valence-electron chi connectivity index (χ3n) is 6.40. The quantitative estimate of drug-likeness (QED) is 0.504. The Kier molecular flexibility index (Phi) is 8.15. The van der Waals surface area contributed by atoms with Crippen molar-refractivity contribution in [3.63, 3.8) is 0 Å². The average Bonchev–Trinajstić information content (AvgIpc) is 3.39. The molecule has 1 amide bonds. The van der Waals surface area contributed by atoms with Crippen molar-refractivity contribution in [1.82, 2.24) is 10.2 Å². The number of likely N-dealkylation sites (tertiary alicyclic amines) is 1. The van der Waals surface area contributed by atoms with Gasteiger partial charge in [-0.15, -0.1) is 0 Å². The monoisotopic (exact) mass is 506 g/mol. The van der Waals surface area contributed by atoms with Crippen LogP contribution in [0.4, 0.5) is 13.2 Å². The molecule has 2 N–H and O–H groups in total. The van der Waals surface area contributed by atoms with Crippen molar-refractivity contribution < 1.29 is 37.3 Å². The lowest BCUT2D eigenvalue weighted by Gasteiger charge is -2.29. The van der Waals surface area contributed by atoms with Crippen LogP contribution in [0, 0.1) is 0 Å². The van der Waals surface area contributed by atoms with Crippen LogP contribution in [0.5, 0.6) is 11.5 Å². The fourth-order valence-electron chi connectivity index (χ4n) is 4.44. The molecule has 1 saturated heterocycles. The third-order valence-corrected chi connectivity index (χ3v) is 6.40. The number of rotatable bonds is 9. The van der Waals surface area contributed by atoms with Crippen molar-refractivity contribution in [2.45, 2.75) is 44.0 Å². The van der Waals surface area contributed by atoms with Crippen LogP contribution in [0.2, 0.25) is 0 Å². The van der Waals surface area contributed by atoms with Crippen LogP contribution in [-0.4, -0.2) is 60.6 Å². The van der Waals surface area contributed by atoms with Crippen molar-refractivity contribution in [3.8, 4) is 11.5 Å². The molecule has 2 aromatic rings. The van der Waals surface area contributed by atoms with Gasteiger partial charge in [0.1, 0.15) is 19.3 Å². The van der Waals surface area contributed by atoms with Gasteiger partial charge in [0.25, 0.3) is 0 Å². The van der Waals surface area contributed by atoms with E-state index in [0.29, 0.717) is 36.8 Å². The van der Waals surface area contributed by atoms with E-state index in [1.807, 2.05) is 0 Å². The molecular formula is C26H29F3N2O5. The minimum atomic E-state index is -4.48. The second-order valence-corrected chi connectivity index (χ2v) is 9.03. The summed E-state index contributed by atoms with van der Waals surface area (Å²) in [6.45, 7) is 3.04. The zero-order valence-electron chi connectivity index (χ0n) is 19.7. The second kappa shape index (κ2) is 11.3. The maximum Gasteiger partial charge on any atom is 0.416 e. The van der Waals surface area contributed by atoms with E-state index in [9.17, 15) is 27.9 Å². The number of carbonyl (C=O) groups excluding carboxylic acids is 2. The number of benzene rings is 2. The molecule has 0 saturated carbocycles. The minimum absolute atomic E-state index is 0.112. The molecule has 0 aromatic heterocycles. The highest BCUT2D eigenvalue weighted by molar-refractivity contribution is 5.98. The molecule has 4 rings (SSSR count). The van der Waals surface area contributed by atoms with Crippen LogP contribution in [0.25, 0.3) is 0 Å². The molecule has 2 atom stereocenters. The molecule has 2 heterocycles. The van der Waals surface area contributed by atoms with Gasteiger partial charge in [-0.05, 0) is 55.8 Å². The zero-order chi connectivity index (χ0) is 25.7. The highest BCUT2D eigenvalue weighted by Gasteiger charge is 2.31. The zero-order valence-corrected chi connectivity index (χ0v) is 19.7. The van der Waals surface area contributed by atoms with Gasteiger partial charge in [0.2, 0.25) is 5.91 Å².